The van der Waals surface area contributed by atoms with Crippen LogP contribution >= 0.6 is 11.5 Å². The summed E-state index contributed by atoms with van der Waals surface area (Å²) in [6.07, 6.45) is 1.51. The van der Waals surface area contributed by atoms with E-state index < -0.39 is 18.0 Å². The fraction of sp³-hybridized carbons (Fsp3) is 0.565. The predicted octanol–water partition coefficient (Wildman–Crippen LogP) is 5.20. The maximum Gasteiger partial charge on any atom is 0.452 e. The number of allylic oxidation sites excluding steroid dienone is 2. The largest absolute Gasteiger partial charge is 0.478 e. The summed E-state index contributed by atoms with van der Waals surface area (Å²) in [6, 6.07) is 0.0989. The van der Waals surface area contributed by atoms with Crippen molar-refractivity contribution in [1.82, 2.24) is 14.3 Å². The predicted molar refractivity (Wildman–Crippen MR) is 130 cm³/mol. The Balaban J connectivity index is 2.56. The molecule has 1 saturated heterocycles. The van der Waals surface area contributed by atoms with Crippen molar-refractivity contribution in [3.05, 3.63) is 42.0 Å². The molecule has 12 heteroatoms. The van der Waals surface area contributed by atoms with Gasteiger partial charge in [0.05, 0.1) is 5.70 Å². The molecular formula is C23H32F3N5O3S. The lowest BCUT2D eigenvalue weighted by atomic mass is 10.0. The number of hydrogen-bond acceptors (Lipinski definition) is 7. The van der Waals surface area contributed by atoms with Crippen molar-refractivity contribution in [2.45, 2.75) is 52.8 Å². The van der Waals surface area contributed by atoms with E-state index in [0.29, 0.717) is 42.8 Å². The normalized spacial score (nSPS) is 17.4. The van der Waals surface area contributed by atoms with Gasteiger partial charge >= 0.3 is 12.1 Å². The van der Waals surface area contributed by atoms with Gasteiger partial charge in [0.1, 0.15) is 0 Å². The van der Waals surface area contributed by atoms with E-state index in [-0.39, 0.29) is 28.6 Å². The molecule has 0 saturated carbocycles. The van der Waals surface area contributed by atoms with Crippen LogP contribution in [0.15, 0.2) is 41.2 Å². The van der Waals surface area contributed by atoms with Crippen LogP contribution in [0.4, 0.5) is 18.3 Å². The number of carboxylic acids is 1. The van der Waals surface area contributed by atoms with Crippen LogP contribution in [-0.4, -0.2) is 57.0 Å². The number of nitrogens with one attached hydrogen (secondary N) is 1. The van der Waals surface area contributed by atoms with E-state index in [9.17, 15) is 23.1 Å². The fourth-order valence-corrected chi connectivity index (χ4v) is 4.24. The van der Waals surface area contributed by atoms with Crippen molar-refractivity contribution in [3.8, 4) is 0 Å². The number of anilines is 1. The molecule has 0 radical (unpaired) electrons. The molecule has 1 aromatic rings. The Bertz CT molecular complexity index is 966. The van der Waals surface area contributed by atoms with Crippen molar-refractivity contribution in [2.75, 3.05) is 25.1 Å². The first-order valence-corrected chi connectivity index (χ1v) is 12.0. The van der Waals surface area contributed by atoms with Gasteiger partial charge in [0, 0.05) is 49.1 Å². The number of amidine groups is 1. The van der Waals surface area contributed by atoms with Gasteiger partial charge in [-0.05, 0) is 31.6 Å². The molecule has 0 aliphatic carbocycles. The third-order valence-electron chi connectivity index (χ3n) is 5.12. The number of nitrogens with zero attached hydrogens (tertiary/aromatic N) is 4. The summed E-state index contributed by atoms with van der Waals surface area (Å²) in [5.74, 6) is -1.92. The van der Waals surface area contributed by atoms with Gasteiger partial charge in [-0.15, -0.1) is 0 Å². The number of aliphatic carboxylic acids is 1. The molecule has 0 amide bonds. The Morgan fingerprint density at radius 3 is 2.51 bits per heavy atom. The Morgan fingerprint density at radius 1 is 1.34 bits per heavy atom. The Kier molecular flexibility index (Phi) is 10.4. The monoisotopic (exact) mass is 515 g/mol. The van der Waals surface area contributed by atoms with Gasteiger partial charge in [-0.3, -0.25) is 0 Å². The highest BCUT2D eigenvalue weighted by Gasteiger charge is 2.36. The Hall–Kier alpha value is -2.73. The molecular weight excluding hydrogens is 483 g/mol. The van der Waals surface area contributed by atoms with Crippen LogP contribution in [0, 0.1) is 11.8 Å². The summed E-state index contributed by atoms with van der Waals surface area (Å²) in [4.78, 5) is 21.5. The quantitative estimate of drug-likeness (QED) is 0.251. The summed E-state index contributed by atoms with van der Waals surface area (Å²) in [7, 11) is 0. The van der Waals surface area contributed by atoms with Crippen LogP contribution in [0.1, 0.15) is 46.4 Å². The third kappa shape index (κ3) is 8.77. The van der Waals surface area contributed by atoms with Crippen molar-refractivity contribution >= 4 is 28.5 Å². The summed E-state index contributed by atoms with van der Waals surface area (Å²) in [6.45, 7) is 12.9. The lowest BCUT2D eigenvalue weighted by molar-refractivity contribution is -0.144. The first kappa shape index (κ1) is 28.5. The average Bonchev–Trinajstić information content (AvgIpc) is 3.25. The molecule has 1 fully saturated rings. The van der Waals surface area contributed by atoms with Crippen LogP contribution in [0.25, 0.3) is 0 Å². The van der Waals surface area contributed by atoms with Gasteiger partial charge < -0.3 is 20.1 Å². The van der Waals surface area contributed by atoms with E-state index in [2.05, 4.69) is 45.0 Å². The number of alkyl halides is 3. The van der Waals surface area contributed by atoms with E-state index in [1.165, 1.54) is 13.1 Å². The van der Waals surface area contributed by atoms with Gasteiger partial charge in [-0.1, -0.05) is 39.5 Å². The summed E-state index contributed by atoms with van der Waals surface area (Å²) < 4.78 is 48.2. The molecule has 35 heavy (non-hydrogen) atoms. The standard InChI is InChI=1S/C23H32F3N5O3S/c1-6-27-19(31(13-14(2)3)17-7-9-34-10-8-17)18(12-15(4)11-16(5)20(32)33)28-22-29-21(30-35-22)23(24,25)26/h6,11-12,14-15,17H,1,7-10,13H2,2-5H3,(H,32,33)(H,28,29,30)/b16-11+,18-12+,27-19+. The third-order valence-corrected chi connectivity index (χ3v) is 5.75. The smallest absolute Gasteiger partial charge is 0.452 e. The zero-order chi connectivity index (χ0) is 26.2. The number of rotatable bonds is 10. The molecule has 2 heterocycles. The van der Waals surface area contributed by atoms with Gasteiger partial charge in [0.15, 0.2) is 5.84 Å². The first-order valence-electron chi connectivity index (χ1n) is 11.3. The number of carboxylic acid groups (broad SMARTS) is 1. The second kappa shape index (κ2) is 12.8. The van der Waals surface area contributed by atoms with Crippen LogP contribution in [0.3, 0.4) is 0 Å². The minimum Gasteiger partial charge on any atom is -0.478 e. The van der Waals surface area contributed by atoms with Crippen molar-refractivity contribution in [1.29, 1.82) is 0 Å². The molecule has 2 N–H and O–H groups in total. The van der Waals surface area contributed by atoms with E-state index in [4.69, 9.17) is 4.74 Å². The summed E-state index contributed by atoms with van der Waals surface area (Å²) in [5.41, 5.74) is 0.540. The number of aromatic nitrogens is 2. The molecule has 1 aromatic heterocycles. The minimum atomic E-state index is -4.67. The highest BCUT2D eigenvalue weighted by atomic mass is 32.1. The number of carbonyl (C=O) groups is 1. The van der Waals surface area contributed by atoms with Crippen LogP contribution in [0.5, 0.6) is 0 Å². The van der Waals surface area contributed by atoms with E-state index in [1.54, 1.807) is 19.1 Å². The lowest BCUT2D eigenvalue weighted by Crippen LogP contribution is -2.46. The molecule has 1 unspecified atom stereocenters. The highest BCUT2D eigenvalue weighted by Crippen LogP contribution is 2.30. The second-order valence-corrected chi connectivity index (χ2v) is 9.42. The van der Waals surface area contributed by atoms with Gasteiger partial charge in [0.25, 0.3) is 0 Å². The van der Waals surface area contributed by atoms with E-state index >= 15 is 0 Å². The molecule has 0 aromatic carbocycles. The molecule has 1 atom stereocenters. The minimum absolute atomic E-state index is 0.0528. The summed E-state index contributed by atoms with van der Waals surface area (Å²) in [5, 5.41) is 12.2. The molecule has 194 valence electrons. The Morgan fingerprint density at radius 2 is 2.00 bits per heavy atom. The van der Waals surface area contributed by atoms with Gasteiger partial charge in [-0.25, -0.2) is 9.79 Å². The van der Waals surface area contributed by atoms with Crippen LogP contribution in [-0.2, 0) is 15.7 Å². The zero-order valence-electron chi connectivity index (χ0n) is 20.3. The van der Waals surface area contributed by atoms with E-state index in [0.717, 1.165) is 12.8 Å². The second-order valence-electron chi connectivity index (χ2n) is 8.67. The van der Waals surface area contributed by atoms with Gasteiger partial charge in [0.2, 0.25) is 11.0 Å². The average molecular weight is 516 g/mol. The van der Waals surface area contributed by atoms with Crippen LogP contribution < -0.4 is 5.32 Å². The zero-order valence-corrected chi connectivity index (χ0v) is 21.1. The highest BCUT2D eigenvalue weighted by molar-refractivity contribution is 7.09. The number of ether oxygens (including phenoxy) is 1. The maximum atomic E-state index is 13.1. The molecule has 1 aliphatic heterocycles. The molecule has 1 aliphatic rings. The van der Waals surface area contributed by atoms with Crippen molar-refractivity contribution < 1.29 is 27.8 Å². The Labute approximate surface area is 207 Å². The van der Waals surface area contributed by atoms with Crippen molar-refractivity contribution in [2.24, 2.45) is 16.8 Å². The number of halogens is 3. The lowest BCUT2D eigenvalue weighted by Gasteiger charge is -2.38. The first-order chi connectivity index (χ1) is 16.4. The molecule has 0 bridgehead atoms. The molecule has 2 rings (SSSR count). The fourth-order valence-electron chi connectivity index (χ4n) is 3.64. The topological polar surface area (TPSA) is 99.9 Å². The molecule has 0 spiro atoms. The number of aliphatic imine (C=N–C) groups is 1. The van der Waals surface area contributed by atoms with Gasteiger partial charge in [-0.2, -0.15) is 22.5 Å². The van der Waals surface area contributed by atoms with Crippen molar-refractivity contribution in [3.63, 3.8) is 0 Å². The number of hydrogen-bond donors (Lipinski definition) is 2. The maximum absolute atomic E-state index is 13.1. The van der Waals surface area contributed by atoms with E-state index in [1.807, 2.05) is 0 Å². The van der Waals surface area contributed by atoms with Crippen LogP contribution in [0.2, 0.25) is 0 Å². The SMILES string of the molecule is C=C/N=C(\C(=C/C(C)/C=C(\C)C(=O)O)Nc1nc(C(F)(F)F)ns1)N(CC(C)C)C1CCOCC1. The summed E-state index contributed by atoms with van der Waals surface area (Å²) >= 11 is 0.585. The molecule has 8 nitrogen and oxygen atoms in total.